The minimum atomic E-state index is -4.60. The van der Waals surface area contributed by atoms with E-state index in [1.165, 1.54) is 36.1 Å². The maximum Gasteiger partial charge on any atom is 0.416 e. The van der Waals surface area contributed by atoms with Crippen LogP contribution in [0.1, 0.15) is 15.9 Å². The zero-order valence-corrected chi connectivity index (χ0v) is 16.3. The van der Waals surface area contributed by atoms with Crippen molar-refractivity contribution in [3.8, 4) is 28.1 Å². The number of methoxy groups -OCH3 is 2. The Bertz CT molecular complexity index is 1170. The number of alkyl halides is 3. The van der Waals surface area contributed by atoms with Crippen LogP contribution in [0.2, 0.25) is 0 Å². The lowest BCUT2D eigenvalue weighted by molar-refractivity contribution is -0.137. The van der Waals surface area contributed by atoms with Crippen LogP contribution < -0.4 is 10.3 Å². The summed E-state index contributed by atoms with van der Waals surface area (Å²) < 4.78 is 51.2. The van der Waals surface area contributed by atoms with Crippen LogP contribution in [0.5, 0.6) is 5.75 Å². The molecule has 3 aromatic rings. The molecule has 0 saturated heterocycles. The Morgan fingerprint density at radius 1 is 1.07 bits per heavy atom. The number of aryl methyl sites for hydroxylation is 1. The number of benzene rings is 1. The molecule has 0 N–H and O–H groups in total. The van der Waals surface area contributed by atoms with Crippen LogP contribution in [0, 0.1) is 0 Å². The second-order valence-corrected chi connectivity index (χ2v) is 6.36. The van der Waals surface area contributed by atoms with E-state index in [1.54, 1.807) is 19.3 Å². The van der Waals surface area contributed by atoms with Gasteiger partial charge in [-0.15, -0.1) is 0 Å². The van der Waals surface area contributed by atoms with Crippen molar-refractivity contribution in [1.29, 1.82) is 0 Å². The summed E-state index contributed by atoms with van der Waals surface area (Å²) >= 11 is 0. The van der Waals surface area contributed by atoms with Gasteiger partial charge in [-0.1, -0.05) is 0 Å². The minimum absolute atomic E-state index is 0.0177. The van der Waals surface area contributed by atoms with Gasteiger partial charge in [0.15, 0.2) is 0 Å². The highest BCUT2D eigenvalue weighted by Crippen LogP contribution is 2.39. The molecule has 9 heteroatoms. The number of hydrogen-bond acceptors (Lipinski definition) is 5. The highest BCUT2D eigenvalue weighted by atomic mass is 19.4. The van der Waals surface area contributed by atoms with Crippen molar-refractivity contribution in [3.05, 3.63) is 70.3 Å². The summed E-state index contributed by atoms with van der Waals surface area (Å²) in [6.45, 7) is 0. The number of nitrogens with zero attached hydrogens (tertiary/aromatic N) is 2. The maximum absolute atomic E-state index is 13.3. The Labute approximate surface area is 169 Å². The quantitative estimate of drug-likeness (QED) is 0.601. The van der Waals surface area contributed by atoms with Crippen LogP contribution in [0.4, 0.5) is 13.2 Å². The molecule has 0 unspecified atom stereocenters. The third-order valence-corrected chi connectivity index (χ3v) is 4.53. The molecule has 6 nitrogen and oxygen atoms in total. The molecule has 3 rings (SSSR count). The van der Waals surface area contributed by atoms with E-state index in [0.717, 1.165) is 19.2 Å². The third kappa shape index (κ3) is 3.91. The van der Waals surface area contributed by atoms with Gasteiger partial charge in [-0.3, -0.25) is 9.78 Å². The number of halogens is 3. The molecule has 0 fully saturated rings. The molecule has 2 heterocycles. The van der Waals surface area contributed by atoms with Gasteiger partial charge in [-0.05, 0) is 36.4 Å². The van der Waals surface area contributed by atoms with Gasteiger partial charge < -0.3 is 14.0 Å². The van der Waals surface area contributed by atoms with Crippen LogP contribution in [0.3, 0.4) is 0 Å². The van der Waals surface area contributed by atoms with Crippen LogP contribution in [0.25, 0.3) is 22.4 Å². The lowest BCUT2D eigenvalue weighted by Crippen LogP contribution is -2.18. The molecule has 0 bridgehead atoms. The van der Waals surface area contributed by atoms with Gasteiger partial charge in [-0.25, -0.2) is 4.79 Å². The lowest BCUT2D eigenvalue weighted by atomic mass is 9.96. The number of hydrogen-bond donors (Lipinski definition) is 0. The van der Waals surface area contributed by atoms with Crippen molar-refractivity contribution in [1.82, 2.24) is 9.55 Å². The van der Waals surface area contributed by atoms with Gasteiger partial charge in [0.1, 0.15) is 5.75 Å². The monoisotopic (exact) mass is 418 g/mol. The molecule has 0 amide bonds. The molecular formula is C21H17F3N2O4. The van der Waals surface area contributed by atoms with Gasteiger partial charge >= 0.3 is 12.1 Å². The van der Waals surface area contributed by atoms with E-state index in [1.807, 2.05) is 0 Å². The summed E-state index contributed by atoms with van der Waals surface area (Å²) in [5.41, 5.74) is -0.792. The van der Waals surface area contributed by atoms with E-state index in [4.69, 9.17) is 9.47 Å². The Kier molecular flexibility index (Phi) is 5.64. The molecule has 0 saturated carbocycles. The first kappa shape index (κ1) is 21.1. The standard InChI is InChI=1S/C21H17F3N2O4/c1-26-8-4-5-13(19(26)27)17-10-14(16(11-25-17)20(28)30-3)15-9-12(21(22,23)24)6-7-18(15)29-2/h4-11H,1-3H3. The van der Waals surface area contributed by atoms with Gasteiger partial charge in [0, 0.05) is 30.6 Å². The first-order chi connectivity index (χ1) is 14.2. The fourth-order valence-corrected chi connectivity index (χ4v) is 2.99. The number of rotatable bonds is 4. The van der Waals surface area contributed by atoms with Gasteiger partial charge in [0.2, 0.25) is 0 Å². The van der Waals surface area contributed by atoms with Gasteiger partial charge in [0.05, 0.1) is 36.6 Å². The Morgan fingerprint density at radius 3 is 2.43 bits per heavy atom. The molecule has 0 spiro atoms. The summed E-state index contributed by atoms with van der Waals surface area (Å²) in [6, 6.07) is 7.48. The normalized spacial score (nSPS) is 11.3. The average Bonchev–Trinajstić information content (AvgIpc) is 2.73. The van der Waals surface area contributed by atoms with E-state index in [9.17, 15) is 22.8 Å². The predicted molar refractivity (Wildman–Crippen MR) is 103 cm³/mol. The minimum Gasteiger partial charge on any atom is -0.496 e. The summed E-state index contributed by atoms with van der Waals surface area (Å²) in [7, 11) is 4.01. The van der Waals surface area contributed by atoms with Crippen molar-refractivity contribution in [3.63, 3.8) is 0 Å². The van der Waals surface area contributed by atoms with E-state index >= 15 is 0 Å². The van der Waals surface area contributed by atoms with Crippen molar-refractivity contribution in [2.75, 3.05) is 14.2 Å². The van der Waals surface area contributed by atoms with Crippen LogP contribution >= 0.6 is 0 Å². The molecule has 0 atom stereocenters. The molecule has 156 valence electrons. The van der Waals surface area contributed by atoms with E-state index < -0.39 is 17.7 Å². The second kappa shape index (κ2) is 8.02. The van der Waals surface area contributed by atoms with Crippen molar-refractivity contribution in [2.24, 2.45) is 7.05 Å². The third-order valence-electron chi connectivity index (χ3n) is 4.53. The first-order valence-corrected chi connectivity index (χ1v) is 8.67. The fourth-order valence-electron chi connectivity index (χ4n) is 2.99. The van der Waals surface area contributed by atoms with Gasteiger partial charge in [-0.2, -0.15) is 13.2 Å². The molecular weight excluding hydrogens is 401 g/mol. The van der Waals surface area contributed by atoms with Crippen molar-refractivity contribution >= 4 is 5.97 Å². The van der Waals surface area contributed by atoms with E-state index in [-0.39, 0.29) is 39.3 Å². The zero-order chi connectivity index (χ0) is 22.1. The van der Waals surface area contributed by atoms with Gasteiger partial charge in [0.25, 0.3) is 5.56 Å². The summed E-state index contributed by atoms with van der Waals surface area (Å²) in [5.74, 6) is -0.671. The van der Waals surface area contributed by atoms with E-state index in [0.29, 0.717) is 0 Å². The Balaban J connectivity index is 2.33. The summed E-state index contributed by atoms with van der Waals surface area (Å²) in [6.07, 6.45) is -1.87. The highest BCUT2D eigenvalue weighted by molar-refractivity contribution is 5.98. The molecule has 0 radical (unpaired) electrons. The number of pyridine rings is 2. The lowest BCUT2D eigenvalue weighted by Gasteiger charge is -2.16. The smallest absolute Gasteiger partial charge is 0.416 e. The first-order valence-electron chi connectivity index (χ1n) is 8.67. The number of aromatic nitrogens is 2. The van der Waals surface area contributed by atoms with Crippen LogP contribution in [0.15, 0.2) is 53.6 Å². The van der Waals surface area contributed by atoms with Crippen molar-refractivity contribution in [2.45, 2.75) is 6.18 Å². The largest absolute Gasteiger partial charge is 0.496 e. The maximum atomic E-state index is 13.3. The van der Waals surface area contributed by atoms with Crippen LogP contribution in [-0.2, 0) is 18.0 Å². The Hall–Kier alpha value is -3.62. The molecule has 2 aromatic heterocycles. The number of ether oxygens (including phenoxy) is 2. The number of esters is 1. The fraction of sp³-hybridized carbons (Fsp3) is 0.190. The SMILES string of the molecule is COC(=O)c1cnc(-c2cccn(C)c2=O)cc1-c1cc(C(F)(F)F)ccc1OC. The topological polar surface area (TPSA) is 70.4 Å². The second-order valence-electron chi connectivity index (χ2n) is 6.36. The summed E-state index contributed by atoms with van der Waals surface area (Å²) in [5, 5.41) is 0. The average molecular weight is 418 g/mol. The summed E-state index contributed by atoms with van der Waals surface area (Å²) in [4.78, 5) is 28.9. The highest BCUT2D eigenvalue weighted by Gasteiger charge is 2.32. The van der Waals surface area contributed by atoms with Crippen LogP contribution in [-0.4, -0.2) is 29.7 Å². The molecule has 0 aliphatic rings. The predicted octanol–water partition coefficient (Wildman–Crippen LogP) is 3.93. The van der Waals surface area contributed by atoms with Crippen molar-refractivity contribution < 1.29 is 27.4 Å². The molecule has 1 aromatic carbocycles. The Morgan fingerprint density at radius 2 is 1.80 bits per heavy atom. The van der Waals surface area contributed by atoms with E-state index in [2.05, 4.69) is 4.98 Å². The zero-order valence-electron chi connectivity index (χ0n) is 16.3. The molecule has 30 heavy (non-hydrogen) atoms. The number of carbonyl (C=O) groups is 1. The molecule has 0 aliphatic carbocycles. The molecule has 0 aliphatic heterocycles. The number of carbonyl (C=O) groups excluding carboxylic acids is 1.